The number of rotatable bonds is 7. The number of fused-ring (bicyclic) bond motifs is 1. The molecule has 2 N–H and O–H groups in total. The van der Waals surface area contributed by atoms with Gasteiger partial charge < -0.3 is 9.73 Å². The SMILES string of the molecule is CC(C)[C@H](NS(=O)(=O)c1ccc2c(c1)CCCC2)C(=O)NCc1ccco1. The van der Waals surface area contributed by atoms with Crippen molar-refractivity contribution in [3.05, 3.63) is 53.5 Å². The molecule has 0 fully saturated rings. The van der Waals surface area contributed by atoms with Crippen LogP contribution in [0.3, 0.4) is 0 Å². The highest BCUT2D eigenvalue weighted by atomic mass is 32.2. The van der Waals surface area contributed by atoms with Gasteiger partial charge >= 0.3 is 0 Å². The van der Waals surface area contributed by atoms with Gasteiger partial charge in [-0.2, -0.15) is 4.72 Å². The highest BCUT2D eigenvalue weighted by molar-refractivity contribution is 7.89. The van der Waals surface area contributed by atoms with Crippen LogP contribution in [0, 0.1) is 5.92 Å². The van der Waals surface area contributed by atoms with Crippen LogP contribution < -0.4 is 10.0 Å². The highest BCUT2D eigenvalue weighted by Gasteiger charge is 2.29. The van der Waals surface area contributed by atoms with Gasteiger partial charge in [0.15, 0.2) is 0 Å². The van der Waals surface area contributed by atoms with E-state index < -0.39 is 16.1 Å². The van der Waals surface area contributed by atoms with Gasteiger partial charge in [0.2, 0.25) is 15.9 Å². The summed E-state index contributed by atoms with van der Waals surface area (Å²) in [7, 11) is -3.79. The first-order valence-electron chi connectivity index (χ1n) is 9.31. The summed E-state index contributed by atoms with van der Waals surface area (Å²) in [5.41, 5.74) is 2.31. The van der Waals surface area contributed by atoms with Crippen LogP contribution in [0.4, 0.5) is 0 Å². The summed E-state index contributed by atoms with van der Waals surface area (Å²) < 4.78 is 33.5. The molecular weight excluding hydrogens is 364 g/mol. The zero-order valence-corrected chi connectivity index (χ0v) is 16.5. The third-order valence-corrected chi connectivity index (χ3v) is 6.32. The molecule has 1 heterocycles. The van der Waals surface area contributed by atoms with Gasteiger partial charge in [-0.3, -0.25) is 4.79 Å². The van der Waals surface area contributed by atoms with E-state index in [9.17, 15) is 13.2 Å². The molecule has 6 nitrogen and oxygen atoms in total. The van der Waals surface area contributed by atoms with Crippen LogP contribution in [0.5, 0.6) is 0 Å². The van der Waals surface area contributed by atoms with E-state index in [2.05, 4.69) is 10.0 Å². The van der Waals surface area contributed by atoms with Crippen molar-refractivity contribution in [2.24, 2.45) is 5.92 Å². The summed E-state index contributed by atoms with van der Waals surface area (Å²) in [4.78, 5) is 12.8. The van der Waals surface area contributed by atoms with Crippen molar-refractivity contribution in [1.29, 1.82) is 0 Å². The lowest BCUT2D eigenvalue weighted by atomic mass is 9.92. The van der Waals surface area contributed by atoms with Crippen LogP contribution in [0.2, 0.25) is 0 Å². The van der Waals surface area contributed by atoms with Crippen molar-refractivity contribution in [1.82, 2.24) is 10.0 Å². The largest absolute Gasteiger partial charge is 0.467 e. The normalized spacial score (nSPS) is 15.4. The fraction of sp³-hybridized carbons (Fsp3) is 0.450. The topological polar surface area (TPSA) is 88.4 Å². The summed E-state index contributed by atoms with van der Waals surface area (Å²) >= 11 is 0. The van der Waals surface area contributed by atoms with Gasteiger partial charge in [0.05, 0.1) is 17.7 Å². The molecule has 0 spiro atoms. The minimum atomic E-state index is -3.79. The van der Waals surface area contributed by atoms with Crippen LogP contribution in [-0.4, -0.2) is 20.4 Å². The van der Waals surface area contributed by atoms with Crippen LogP contribution in [0.1, 0.15) is 43.6 Å². The smallest absolute Gasteiger partial charge is 0.241 e. The molecule has 1 aliphatic rings. The molecule has 1 amide bonds. The van der Waals surface area contributed by atoms with Crippen molar-refractivity contribution in [3.8, 4) is 0 Å². The predicted octanol–water partition coefficient (Wildman–Crippen LogP) is 2.78. The van der Waals surface area contributed by atoms with E-state index in [1.807, 2.05) is 19.9 Å². The second-order valence-electron chi connectivity index (χ2n) is 7.28. The van der Waals surface area contributed by atoms with Crippen molar-refractivity contribution in [2.75, 3.05) is 0 Å². The zero-order chi connectivity index (χ0) is 19.4. The maximum atomic E-state index is 12.9. The quantitative estimate of drug-likeness (QED) is 0.761. The maximum absolute atomic E-state index is 12.9. The van der Waals surface area contributed by atoms with Gasteiger partial charge in [0, 0.05) is 0 Å². The number of benzene rings is 1. The summed E-state index contributed by atoms with van der Waals surface area (Å²) in [6.07, 6.45) is 5.64. The monoisotopic (exact) mass is 390 g/mol. The predicted molar refractivity (Wildman–Crippen MR) is 103 cm³/mol. The van der Waals surface area contributed by atoms with Crippen LogP contribution in [-0.2, 0) is 34.2 Å². The Morgan fingerprint density at radius 1 is 1.15 bits per heavy atom. The number of aryl methyl sites for hydroxylation is 2. The third kappa shape index (κ3) is 4.78. The Hall–Kier alpha value is -2.12. The molecule has 7 heteroatoms. The van der Waals surface area contributed by atoms with Gasteiger partial charge in [-0.15, -0.1) is 0 Å². The van der Waals surface area contributed by atoms with E-state index in [0.717, 1.165) is 31.2 Å². The molecule has 3 rings (SSSR count). The van der Waals surface area contributed by atoms with E-state index in [-0.39, 0.29) is 23.3 Å². The van der Waals surface area contributed by atoms with Gasteiger partial charge in [-0.25, -0.2) is 8.42 Å². The Morgan fingerprint density at radius 2 is 1.89 bits per heavy atom. The van der Waals surface area contributed by atoms with E-state index >= 15 is 0 Å². The first kappa shape index (κ1) is 19.6. The molecule has 27 heavy (non-hydrogen) atoms. The van der Waals surface area contributed by atoms with Crippen LogP contribution >= 0.6 is 0 Å². The van der Waals surface area contributed by atoms with Crippen molar-refractivity contribution < 1.29 is 17.6 Å². The van der Waals surface area contributed by atoms with Crippen molar-refractivity contribution >= 4 is 15.9 Å². The number of carbonyl (C=O) groups is 1. The number of hydrogen-bond donors (Lipinski definition) is 2. The summed E-state index contributed by atoms with van der Waals surface area (Å²) in [6, 6.07) is 7.90. The second-order valence-corrected chi connectivity index (χ2v) is 8.99. The number of sulfonamides is 1. The van der Waals surface area contributed by atoms with E-state index in [4.69, 9.17) is 4.42 Å². The first-order chi connectivity index (χ1) is 12.9. The number of amides is 1. The zero-order valence-electron chi connectivity index (χ0n) is 15.7. The molecule has 0 radical (unpaired) electrons. The highest BCUT2D eigenvalue weighted by Crippen LogP contribution is 2.24. The molecule has 0 bridgehead atoms. The molecule has 146 valence electrons. The third-order valence-electron chi connectivity index (χ3n) is 4.88. The summed E-state index contributed by atoms with van der Waals surface area (Å²) in [5.74, 6) is 0.0420. The molecule has 1 atom stereocenters. The average Bonchev–Trinajstić information content (AvgIpc) is 3.17. The summed E-state index contributed by atoms with van der Waals surface area (Å²) in [6.45, 7) is 3.84. The van der Waals surface area contributed by atoms with Gasteiger partial charge in [-0.1, -0.05) is 19.9 Å². The Labute approximate surface area is 160 Å². The van der Waals surface area contributed by atoms with Crippen LogP contribution in [0.15, 0.2) is 45.9 Å². The lowest BCUT2D eigenvalue weighted by Gasteiger charge is -2.22. The number of carbonyl (C=O) groups excluding carboxylic acids is 1. The van der Waals surface area contributed by atoms with E-state index in [1.165, 1.54) is 11.8 Å². The molecule has 0 saturated heterocycles. The van der Waals surface area contributed by atoms with Crippen molar-refractivity contribution in [2.45, 2.75) is 57.0 Å². The van der Waals surface area contributed by atoms with Gasteiger partial charge in [0.25, 0.3) is 0 Å². The molecule has 0 saturated carbocycles. The van der Waals surface area contributed by atoms with E-state index in [0.29, 0.717) is 5.76 Å². The van der Waals surface area contributed by atoms with E-state index in [1.54, 1.807) is 24.3 Å². The number of hydrogen-bond acceptors (Lipinski definition) is 4. The Balaban J connectivity index is 1.73. The lowest BCUT2D eigenvalue weighted by molar-refractivity contribution is -0.123. The Morgan fingerprint density at radius 3 is 2.56 bits per heavy atom. The van der Waals surface area contributed by atoms with Gasteiger partial charge in [-0.05, 0) is 67.0 Å². The molecular formula is C20H26N2O4S. The fourth-order valence-electron chi connectivity index (χ4n) is 3.30. The molecule has 0 aliphatic heterocycles. The summed E-state index contributed by atoms with van der Waals surface area (Å²) in [5, 5.41) is 2.73. The fourth-order valence-corrected chi connectivity index (χ4v) is 4.70. The second kappa shape index (κ2) is 8.27. The average molecular weight is 391 g/mol. The lowest BCUT2D eigenvalue weighted by Crippen LogP contribution is -2.49. The van der Waals surface area contributed by atoms with Crippen molar-refractivity contribution in [3.63, 3.8) is 0 Å². The maximum Gasteiger partial charge on any atom is 0.241 e. The standard InChI is InChI=1S/C20H26N2O4S/c1-14(2)19(20(23)21-13-17-8-5-11-26-17)22-27(24,25)18-10-9-15-6-3-4-7-16(15)12-18/h5,8-12,14,19,22H,3-4,6-7,13H2,1-2H3,(H,21,23)/t19-/m0/s1. The molecule has 1 aromatic heterocycles. The molecule has 2 aromatic rings. The number of nitrogens with one attached hydrogen (secondary N) is 2. The molecule has 0 unspecified atom stereocenters. The van der Waals surface area contributed by atoms with Crippen LogP contribution in [0.25, 0.3) is 0 Å². The minimum absolute atomic E-state index is 0.200. The Kier molecular flexibility index (Phi) is 6.01. The van der Waals surface area contributed by atoms with Gasteiger partial charge in [0.1, 0.15) is 11.8 Å². The Bertz CT molecular complexity index is 889. The number of furan rings is 1. The first-order valence-corrected chi connectivity index (χ1v) is 10.8. The minimum Gasteiger partial charge on any atom is -0.467 e. The molecule has 1 aromatic carbocycles. The molecule has 1 aliphatic carbocycles.